The van der Waals surface area contributed by atoms with E-state index in [9.17, 15) is 9.90 Å². The lowest BCUT2D eigenvalue weighted by molar-refractivity contribution is 0.468. The summed E-state index contributed by atoms with van der Waals surface area (Å²) in [5, 5.41) is 14.4. The van der Waals surface area contributed by atoms with Crippen LogP contribution < -0.4 is 5.63 Å². The summed E-state index contributed by atoms with van der Waals surface area (Å²) in [5.41, 5.74) is 0.970. The van der Waals surface area contributed by atoms with E-state index < -0.39 is 5.63 Å². The minimum Gasteiger partial charge on any atom is -0.507 e. The van der Waals surface area contributed by atoms with Crippen molar-refractivity contribution in [3.05, 3.63) is 71.2 Å². The fourth-order valence-corrected chi connectivity index (χ4v) is 2.38. The van der Waals surface area contributed by atoms with Crippen molar-refractivity contribution in [3.8, 4) is 22.9 Å². The number of benzene rings is 2. The number of phenolic OH excluding ortho intramolecular Hbond substituents is 1. The van der Waals surface area contributed by atoms with Gasteiger partial charge in [-0.3, -0.25) is 0 Å². The predicted octanol–water partition coefficient (Wildman–Crippen LogP) is 2.75. The fourth-order valence-electron chi connectivity index (χ4n) is 2.38. The van der Waals surface area contributed by atoms with Gasteiger partial charge in [0.1, 0.15) is 11.1 Å². The minimum absolute atomic E-state index is 0.00623. The SMILES string of the molecule is O=c1oc(-c2ccccc2O)nc2c1cnn2-c1ccccc1. The number of fused-ring (bicyclic) bond motifs is 1. The first-order chi connectivity index (χ1) is 11.2. The Labute approximate surface area is 130 Å². The lowest BCUT2D eigenvalue weighted by atomic mass is 10.2. The summed E-state index contributed by atoms with van der Waals surface area (Å²) in [6.07, 6.45) is 1.43. The van der Waals surface area contributed by atoms with Crippen molar-refractivity contribution in [2.45, 2.75) is 0 Å². The van der Waals surface area contributed by atoms with Crippen LogP contribution in [-0.4, -0.2) is 19.9 Å². The normalized spacial score (nSPS) is 11.0. The van der Waals surface area contributed by atoms with Gasteiger partial charge in [-0.05, 0) is 24.3 Å². The summed E-state index contributed by atoms with van der Waals surface area (Å²) >= 11 is 0. The maximum absolute atomic E-state index is 12.2. The van der Waals surface area contributed by atoms with Crippen LogP contribution in [0.1, 0.15) is 0 Å². The summed E-state index contributed by atoms with van der Waals surface area (Å²) in [5.74, 6) is 0.0477. The topological polar surface area (TPSA) is 81.2 Å². The summed E-state index contributed by atoms with van der Waals surface area (Å²) in [7, 11) is 0. The van der Waals surface area contributed by atoms with Gasteiger partial charge in [0.05, 0.1) is 17.4 Å². The highest BCUT2D eigenvalue weighted by molar-refractivity contribution is 5.77. The summed E-state index contributed by atoms with van der Waals surface area (Å²) in [4.78, 5) is 16.6. The molecule has 6 heteroatoms. The van der Waals surface area contributed by atoms with Gasteiger partial charge in [0, 0.05) is 0 Å². The number of hydrogen-bond acceptors (Lipinski definition) is 5. The van der Waals surface area contributed by atoms with Crippen LogP contribution in [0, 0.1) is 0 Å². The zero-order valence-electron chi connectivity index (χ0n) is 11.9. The zero-order valence-corrected chi connectivity index (χ0v) is 11.9. The Morgan fingerprint density at radius 1 is 1.00 bits per heavy atom. The Bertz CT molecular complexity index is 1050. The third-order valence-corrected chi connectivity index (χ3v) is 3.50. The first kappa shape index (κ1) is 13.3. The molecule has 2 aromatic carbocycles. The number of hydrogen-bond donors (Lipinski definition) is 1. The van der Waals surface area contributed by atoms with Crippen LogP contribution in [-0.2, 0) is 0 Å². The molecule has 0 saturated heterocycles. The van der Waals surface area contributed by atoms with Crippen LogP contribution in [0.15, 0.2) is 70.0 Å². The number of rotatable bonds is 2. The molecular weight excluding hydrogens is 294 g/mol. The Kier molecular flexibility index (Phi) is 2.94. The number of phenols is 1. The van der Waals surface area contributed by atoms with Gasteiger partial charge in [0.2, 0.25) is 5.89 Å². The molecule has 2 aromatic heterocycles. The van der Waals surface area contributed by atoms with Crippen molar-refractivity contribution in [1.29, 1.82) is 0 Å². The number of nitrogens with zero attached hydrogens (tertiary/aromatic N) is 3. The van der Waals surface area contributed by atoms with E-state index in [0.717, 1.165) is 5.69 Å². The molecule has 6 nitrogen and oxygen atoms in total. The van der Waals surface area contributed by atoms with Gasteiger partial charge in [-0.2, -0.15) is 10.1 Å². The Morgan fingerprint density at radius 3 is 2.52 bits per heavy atom. The van der Waals surface area contributed by atoms with Crippen LogP contribution in [0.25, 0.3) is 28.2 Å². The summed E-state index contributed by atoms with van der Waals surface area (Å²) in [6, 6.07) is 15.9. The van der Waals surface area contributed by atoms with Gasteiger partial charge in [0.15, 0.2) is 5.65 Å². The molecule has 2 heterocycles. The van der Waals surface area contributed by atoms with Crippen molar-refractivity contribution in [1.82, 2.24) is 14.8 Å². The molecule has 0 spiro atoms. The molecule has 1 N–H and O–H groups in total. The smallest absolute Gasteiger partial charge is 0.350 e. The molecule has 4 aromatic rings. The Balaban J connectivity index is 2.00. The highest BCUT2D eigenvalue weighted by atomic mass is 16.4. The second-order valence-electron chi connectivity index (χ2n) is 4.95. The van der Waals surface area contributed by atoms with Gasteiger partial charge in [-0.15, -0.1) is 0 Å². The third kappa shape index (κ3) is 2.17. The van der Waals surface area contributed by atoms with Crippen molar-refractivity contribution in [3.63, 3.8) is 0 Å². The molecule has 0 aliphatic rings. The molecule has 4 rings (SSSR count). The average molecular weight is 305 g/mol. The van der Waals surface area contributed by atoms with E-state index in [1.165, 1.54) is 12.3 Å². The molecule has 23 heavy (non-hydrogen) atoms. The Hall–Kier alpha value is -3.41. The van der Waals surface area contributed by atoms with E-state index in [0.29, 0.717) is 11.2 Å². The first-order valence-electron chi connectivity index (χ1n) is 6.97. The van der Waals surface area contributed by atoms with Gasteiger partial charge < -0.3 is 9.52 Å². The first-order valence-corrected chi connectivity index (χ1v) is 6.97. The zero-order chi connectivity index (χ0) is 15.8. The third-order valence-electron chi connectivity index (χ3n) is 3.50. The number of aromatic hydroxyl groups is 1. The number of para-hydroxylation sites is 2. The maximum atomic E-state index is 12.2. The van der Waals surface area contributed by atoms with Gasteiger partial charge >= 0.3 is 5.63 Å². The highest BCUT2D eigenvalue weighted by Crippen LogP contribution is 2.27. The maximum Gasteiger partial charge on any atom is 0.350 e. The lowest BCUT2D eigenvalue weighted by Gasteiger charge is -2.04. The summed E-state index contributed by atoms with van der Waals surface area (Å²) < 4.78 is 6.79. The van der Waals surface area contributed by atoms with E-state index >= 15 is 0 Å². The molecule has 0 saturated carbocycles. The van der Waals surface area contributed by atoms with Crippen LogP contribution in [0.4, 0.5) is 0 Å². The van der Waals surface area contributed by atoms with E-state index in [2.05, 4.69) is 10.1 Å². The van der Waals surface area contributed by atoms with Crippen molar-refractivity contribution in [2.75, 3.05) is 0 Å². The Morgan fingerprint density at radius 2 is 1.74 bits per heavy atom. The second kappa shape index (κ2) is 5.10. The molecule has 0 fully saturated rings. The number of aromatic nitrogens is 3. The van der Waals surface area contributed by atoms with Crippen molar-refractivity contribution in [2.24, 2.45) is 0 Å². The molecule has 0 aliphatic heterocycles. The van der Waals surface area contributed by atoms with E-state index in [1.807, 2.05) is 30.3 Å². The standard InChI is InChI=1S/C17H11N3O3/c21-14-9-5-4-8-12(14)16-19-15-13(17(22)23-16)10-18-20(15)11-6-2-1-3-7-11/h1-10,21H. The van der Waals surface area contributed by atoms with E-state index in [4.69, 9.17) is 4.42 Å². The molecule has 112 valence electrons. The quantitative estimate of drug-likeness (QED) is 0.616. The second-order valence-corrected chi connectivity index (χ2v) is 4.95. The molecule has 0 bridgehead atoms. The predicted molar refractivity (Wildman–Crippen MR) is 84.5 cm³/mol. The van der Waals surface area contributed by atoms with Crippen LogP contribution >= 0.6 is 0 Å². The van der Waals surface area contributed by atoms with Gasteiger partial charge in [-0.1, -0.05) is 30.3 Å². The monoisotopic (exact) mass is 305 g/mol. The molecule has 0 unspecified atom stereocenters. The van der Waals surface area contributed by atoms with Crippen LogP contribution in [0.3, 0.4) is 0 Å². The summed E-state index contributed by atoms with van der Waals surface area (Å²) in [6.45, 7) is 0. The van der Waals surface area contributed by atoms with Gasteiger partial charge in [0.25, 0.3) is 0 Å². The molecule has 0 amide bonds. The van der Waals surface area contributed by atoms with Crippen molar-refractivity contribution >= 4 is 11.0 Å². The largest absolute Gasteiger partial charge is 0.507 e. The van der Waals surface area contributed by atoms with Crippen molar-refractivity contribution < 1.29 is 9.52 Å². The van der Waals surface area contributed by atoms with Gasteiger partial charge in [-0.25, -0.2) is 9.48 Å². The molecule has 0 radical (unpaired) electrons. The molecule has 0 aliphatic carbocycles. The molecular formula is C17H11N3O3. The van der Waals surface area contributed by atoms with Crippen LogP contribution in [0.5, 0.6) is 5.75 Å². The fraction of sp³-hybridized carbons (Fsp3) is 0. The lowest BCUT2D eigenvalue weighted by Crippen LogP contribution is -2.04. The average Bonchev–Trinajstić information content (AvgIpc) is 3.00. The van der Waals surface area contributed by atoms with Crippen LogP contribution in [0.2, 0.25) is 0 Å². The minimum atomic E-state index is -0.546. The molecule has 0 atom stereocenters. The highest BCUT2D eigenvalue weighted by Gasteiger charge is 2.15. The van der Waals surface area contributed by atoms with E-state index in [1.54, 1.807) is 22.9 Å². The van der Waals surface area contributed by atoms with E-state index in [-0.39, 0.29) is 17.0 Å².